The summed E-state index contributed by atoms with van der Waals surface area (Å²) >= 11 is 0. The Labute approximate surface area is 119 Å². The van der Waals surface area contributed by atoms with Crippen LogP contribution in [0.25, 0.3) is 10.9 Å². The molecule has 0 aliphatic rings. The van der Waals surface area contributed by atoms with E-state index in [9.17, 15) is 4.79 Å². The maximum absolute atomic E-state index is 11.8. The van der Waals surface area contributed by atoms with Crippen molar-refractivity contribution >= 4 is 16.9 Å². The molecule has 1 aromatic heterocycles. The van der Waals surface area contributed by atoms with Crippen LogP contribution in [0.1, 0.15) is 18.9 Å². The fourth-order valence-corrected chi connectivity index (χ4v) is 2.10. The molecule has 0 unspecified atom stereocenters. The summed E-state index contributed by atoms with van der Waals surface area (Å²) in [6, 6.07) is 8.20. The highest BCUT2D eigenvalue weighted by Crippen LogP contribution is 2.17. The lowest BCUT2D eigenvalue weighted by atomic mass is 10.2. The lowest BCUT2D eigenvalue weighted by molar-refractivity contribution is -0.145. The second-order valence-electron chi connectivity index (χ2n) is 4.84. The van der Waals surface area contributed by atoms with Gasteiger partial charge in [0.05, 0.1) is 6.61 Å². The van der Waals surface area contributed by atoms with Crippen LogP contribution >= 0.6 is 0 Å². The lowest BCUT2D eigenvalue weighted by Crippen LogP contribution is -2.16. The summed E-state index contributed by atoms with van der Waals surface area (Å²) in [5, 5.41) is 1.14. The van der Waals surface area contributed by atoms with Crippen molar-refractivity contribution in [2.45, 2.75) is 26.8 Å². The van der Waals surface area contributed by atoms with Crippen LogP contribution in [0.4, 0.5) is 0 Å². The lowest BCUT2D eigenvalue weighted by Gasteiger charge is -2.07. The normalized spacial score (nSPS) is 10.9. The van der Waals surface area contributed by atoms with Crippen LogP contribution in [0.15, 0.2) is 30.5 Å². The standard InChI is InChI=1S/C16H21NO3/c1-3-8-19-9-10-20-16(18)12-17-7-6-14-11-13(2)4-5-15(14)17/h4-7,11H,3,8-10,12H2,1-2H3. The zero-order valence-corrected chi connectivity index (χ0v) is 12.1. The van der Waals surface area contributed by atoms with Crippen LogP contribution in [0.5, 0.6) is 0 Å². The zero-order chi connectivity index (χ0) is 14.4. The van der Waals surface area contributed by atoms with Gasteiger partial charge in [-0.05, 0) is 36.9 Å². The second-order valence-corrected chi connectivity index (χ2v) is 4.84. The summed E-state index contributed by atoms with van der Waals surface area (Å²) in [4.78, 5) is 11.8. The van der Waals surface area contributed by atoms with E-state index in [2.05, 4.69) is 13.0 Å². The minimum Gasteiger partial charge on any atom is -0.462 e. The molecule has 0 bridgehead atoms. The highest BCUT2D eigenvalue weighted by Gasteiger charge is 2.07. The molecule has 0 saturated heterocycles. The second kappa shape index (κ2) is 7.10. The molecule has 0 fully saturated rings. The number of fused-ring (bicyclic) bond motifs is 1. The molecule has 0 aliphatic carbocycles. The average molecular weight is 275 g/mol. The van der Waals surface area contributed by atoms with Crippen molar-refractivity contribution in [1.29, 1.82) is 0 Å². The number of rotatable bonds is 7. The molecule has 0 amide bonds. The van der Waals surface area contributed by atoms with Crippen molar-refractivity contribution in [2.75, 3.05) is 19.8 Å². The van der Waals surface area contributed by atoms with Gasteiger partial charge in [0, 0.05) is 18.3 Å². The Kier molecular flexibility index (Phi) is 5.18. The molecular formula is C16H21NO3. The van der Waals surface area contributed by atoms with Crippen molar-refractivity contribution < 1.29 is 14.3 Å². The summed E-state index contributed by atoms with van der Waals surface area (Å²) in [7, 11) is 0. The number of carbonyl (C=O) groups is 1. The minimum atomic E-state index is -0.233. The largest absolute Gasteiger partial charge is 0.462 e. The first-order valence-electron chi connectivity index (χ1n) is 6.99. The van der Waals surface area contributed by atoms with Gasteiger partial charge in [0.15, 0.2) is 0 Å². The van der Waals surface area contributed by atoms with Crippen LogP contribution in [0.2, 0.25) is 0 Å². The molecule has 2 rings (SSSR count). The van der Waals surface area contributed by atoms with Gasteiger partial charge in [0.1, 0.15) is 13.2 Å². The molecule has 20 heavy (non-hydrogen) atoms. The van der Waals surface area contributed by atoms with E-state index in [0.29, 0.717) is 19.8 Å². The Bertz CT molecular complexity index is 574. The molecule has 108 valence electrons. The fraction of sp³-hybridized carbons (Fsp3) is 0.438. The van der Waals surface area contributed by atoms with E-state index in [1.165, 1.54) is 5.56 Å². The maximum Gasteiger partial charge on any atom is 0.326 e. The quantitative estimate of drug-likeness (QED) is 0.576. The van der Waals surface area contributed by atoms with Gasteiger partial charge >= 0.3 is 5.97 Å². The highest BCUT2D eigenvalue weighted by atomic mass is 16.6. The number of aromatic nitrogens is 1. The molecule has 1 aromatic carbocycles. The molecular weight excluding hydrogens is 254 g/mol. The molecule has 4 nitrogen and oxygen atoms in total. The fourth-order valence-electron chi connectivity index (χ4n) is 2.10. The topological polar surface area (TPSA) is 40.5 Å². The highest BCUT2D eigenvalue weighted by molar-refractivity contribution is 5.82. The molecule has 4 heteroatoms. The Morgan fingerprint density at radius 2 is 2.05 bits per heavy atom. The van der Waals surface area contributed by atoms with Gasteiger partial charge in [-0.25, -0.2) is 0 Å². The van der Waals surface area contributed by atoms with Crippen molar-refractivity contribution in [3.05, 3.63) is 36.0 Å². The molecule has 2 aromatic rings. The summed E-state index contributed by atoms with van der Waals surface area (Å²) in [5.74, 6) is -0.233. The van der Waals surface area contributed by atoms with Gasteiger partial charge in [-0.15, -0.1) is 0 Å². The van der Waals surface area contributed by atoms with E-state index in [0.717, 1.165) is 17.3 Å². The Morgan fingerprint density at radius 1 is 1.20 bits per heavy atom. The SMILES string of the molecule is CCCOCCOC(=O)Cn1ccc2cc(C)ccc21. The van der Waals surface area contributed by atoms with Crippen LogP contribution in [-0.2, 0) is 20.8 Å². The van der Waals surface area contributed by atoms with Gasteiger partial charge in [0.2, 0.25) is 0 Å². The molecule has 0 atom stereocenters. The minimum absolute atomic E-state index is 0.233. The van der Waals surface area contributed by atoms with Crippen LogP contribution < -0.4 is 0 Å². The maximum atomic E-state index is 11.8. The molecule has 0 saturated carbocycles. The molecule has 0 aliphatic heterocycles. The van der Waals surface area contributed by atoms with Gasteiger partial charge in [-0.2, -0.15) is 0 Å². The number of nitrogens with zero attached hydrogens (tertiary/aromatic N) is 1. The predicted molar refractivity (Wildman–Crippen MR) is 78.7 cm³/mol. The van der Waals surface area contributed by atoms with Crippen LogP contribution in [-0.4, -0.2) is 30.4 Å². The third kappa shape index (κ3) is 3.84. The van der Waals surface area contributed by atoms with Crippen molar-refractivity contribution in [1.82, 2.24) is 4.57 Å². The van der Waals surface area contributed by atoms with Gasteiger partial charge < -0.3 is 14.0 Å². The van der Waals surface area contributed by atoms with Crippen LogP contribution in [0.3, 0.4) is 0 Å². The van der Waals surface area contributed by atoms with Gasteiger partial charge in [-0.3, -0.25) is 4.79 Å². The summed E-state index contributed by atoms with van der Waals surface area (Å²) in [5.41, 5.74) is 2.26. The van der Waals surface area contributed by atoms with E-state index in [1.54, 1.807) is 0 Å². The molecule has 0 spiro atoms. The van der Waals surface area contributed by atoms with E-state index >= 15 is 0 Å². The van der Waals surface area contributed by atoms with E-state index < -0.39 is 0 Å². The Morgan fingerprint density at radius 3 is 2.85 bits per heavy atom. The van der Waals surface area contributed by atoms with Gasteiger partial charge in [0.25, 0.3) is 0 Å². The predicted octanol–water partition coefficient (Wildman–Crippen LogP) is 2.92. The number of carbonyl (C=O) groups excluding carboxylic acids is 1. The first-order valence-corrected chi connectivity index (χ1v) is 6.99. The van der Waals surface area contributed by atoms with E-state index in [1.807, 2.05) is 35.9 Å². The summed E-state index contributed by atoms with van der Waals surface area (Å²) in [6.45, 7) is 5.83. The van der Waals surface area contributed by atoms with Crippen molar-refractivity contribution in [3.8, 4) is 0 Å². The summed E-state index contributed by atoms with van der Waals surface area (Å²) in [6.07, 6.45) is 2.89. The first kappa shape index (κ1) is 14.6. The molecule has 1 heterocycles. The third-order valence-electron chi connectivity index (χ3n) is 3.07. The number of benzene rings is 1. The van der Waals surface area contributed by atoms with Crippen molar-refractivity contribution in [2.24, 2.45) is 0 Å². The Hall–Kier alpha value is -1.81. The zero-order valence-electron chi connectivity index (χ0n) is 12.1. The van der Waals surface area contributed by atoms with E-state index in [-0.39, 0.29) is 12.5 Å². The number of aryl methyl sites for hydroxylation is 1. The van der Waals surface area contributed by atoms with Gasteiger partial charge in [-0.1, -0.05) is 18.6 Å². The first-order chi connectivity index (χ1) is 9.70. The number of esters is 1. The number of hydrogen-bond donors (Lipinski definition) is 0. The smallest absolute Gasteiger partial charge is 0.326 e. The third-order valence-corrected chi connectivity index (χ3v) is 3.07. The Balaban J connectivity index is 1.87. The van der Waals surface area contributed by atoms with Crippen molar-refractivity contribution in [3.63, 3.8) is 0 Å². The average Bonchev–Trinajstić information content (AvgIpc) is 2.81. The number of ether oxygens (including phenoxy) is 2. The number of hydrogen-bond acceptors (Lipinski definition) is 3. The molecule has 0 radical (unpaired) electrons. The van der Waals surface area contributed by atoms with E-state index in [4.69, 9.17) is 9.47 Å². The van der Waals surface area contributed by atoms with Crippen LogP contribution in [0, 0.1) is 6.92 Å². The monoisotopic (exact) mass is 275 g/mol. The molecule has 0 N–H and O–H groups in total. The summed E-state index contributed by atoms with van der Waals surface area (Å²) < 4.78 is 12.3.